The zero-order valence-electron chi connectivity index (χ0n) is 13.0. The van der Waals surface area contributed by atoms with E-state index in [2.05, 4.69) is 34.5 Å². The summed E-state index contributed by atoms with van der Waals surface area (Å²) in [6, 6.07) is 9.11. The van der Waals surface area contributed by atoms with E-state index in [1.807, 2.05) is 0 Å². The van der Waals surface area contributed by atoms with Gasteiger partial charge in [-0.25, -0.2) is 0 Å². The number of rotatable bonds is 6. The molecule has 3 heteroatoms. The summed E-state index contributed by atoms with van der Waals surface area (Å²) >= 11 is 0. The predicted molar refractivity (Wildman–Crippen MR) is 88.0 cm³/mol. The van der Waals surface area contributed by atoms with E-state index >= 15 is 0 Å². The third-order valence-electron chi connectivity index (χ3n) is 4.68. The molecular formula is C18H28N2O. The average molecular weight is 288 g/mol. The molecule has 0 aromatic heterocycles. The predicted octanol–water partition coefficient (Wildman–Crippen LogP) is 2.85. The van der Waals surface area contributed by atoms with Gasteiger partial charge >= 0.3 is 0 Å². The first kappa shape index (κ1) is 14.9. The Kier molecular flexibility index (Phi) is 5.53. The molecule has 0 amide bonds. The zero-order chi connectivity index (χ0) is 14.3. The second kappa shape index (κ2) is 7.81. The summed E-state index contributed by atoms with van der Waals surface area (Å²) in [6.45, 7) is 6.51. The number of nitrogens with one attached hydrogen (secondary N) is 1. The Hall–Kier alpha value is -1.06. The van der Waals surface area contributed by atoms with E-state index in [0.717, 1.165) is 38.6 Å². The number of piperidine rings is 1. The number of ether oxygens (including phenoxy) is 1. The molecule has 3 rings (SSSR count). The van der Waals surface area contributed by atoms with Crippen molar-refractivity contribution in [1.29, 1.82) is 0 Å². The highest BCUT2D eigenvalue weighted by atomic mass is 16.5. The summed E-state index contributed by atoms with van der Waals surface area (Å²) < 4.78 is 5.41. The summed E-state index contributed by atoms with van der Waals surface area (Å²) in [5.74, 6) is 0.727. The molecule has 1 aromatic carbocycles. The van der Waals surface area contributed by atoms with Crippen LogP contribution in [-0.2, 0) is 11.2 Å². The molecule has 0 bridgehead atoms. The molecule has 1 unspecified atom stereocenters. The van der Waals surface area contributed by atoms with Crippen molar-refractivity contribution in [2.24, 2.45) is 5.92 Å². The third-order valence-corrected chi connectivity index (χ3v) is 4.68. The van der Waals surface area contributed by atoms with Crippen LogP contribution in [-0.4, -0.2) is 39.4 Å². The molecule has 0 saturated carbocycles. The van der Waals surface area contributed by atoms with Crippen molar-refractivity contribution >= 4 is 5.69 Å². The Bertz CT molecular complexity index is 423. The highest BCUT2D eigenvalue weighted by Crippen LogP contribution is 2.21. The van der Waals surface area contributed by atoms with Gasteiger partial charge in [0.2, 0.25) is 0 Å². The highest BCUT2D eigenvalue weighted by molar-refractivity contribution is 5.49. The number of hydrogen-bond acceptors (Lipinski definition) is 3. The Morgan fingerprint density at radius 2 is 2.10 bits per heavy atom. The quantitative estimate of drug-likeness (QED) is 0.815. The molecule has 116 valence electrons. The van der Waals surface area contributed by atoms with Crippen LogP contribution in [0, 0.1) is 5.92 Å². The minimum absolute atomic E-state index is 0.727. The Morgan fingerprint density at radius 3 is 2.90 bits per heavy atom. The van der Waals surface area contributed by atoms with Crippen LogP contribution in [0.25, 0.3) is 0 Å². The normalized spacial score (nSPS) is 22.7. The largest absolute Gasteiger partial charge is 0.381 e. The molecule has 3 nitrogen and oxygen atoms in total. The summed E-state index contributed by atoms with van der Waals surface area (Å²) in [5, 5.41) is 3.58. The van der Waals surface area contributed by atoms with Gasteiger partial charge < -0.3 is 15.0 Å². The van der Waals surface area contributed by atoms with Crippen molar-refractivity contribution in [3.05, 3.63) is 29.8 Å². The molecule has 2 saturated heterocycles. The van der Waals surface area contributed by atoms with Gasteiger partial charge in [-0.3, -0.25) is 0 Å². The first-order chi connectivity index (χ1) is 10.4. The van der Waals surface area contributed by atoms with Crippen molar-refractivity contribution in [1.82, 2.24) is 5.32 Å². The first-order valence-electron chi connectivity index (χ1n) is 8.54. The fourth-order valence-corrected chi connectivity index (χ4v) is 3.34. The van der Waals surface area contributed by atoms with Crippen LogP contribution in [0.3, 0.4) is 0 Å². The van der Waals surface area contributed by atoms with Crippen LogP contribution < -0.4 is 10.2 Å². The maximum Gasteiger partial charge on any atom is 0.0507 e. The first-order valence-corrected chi connectivity index (χ1v) is 8.54. The molecule has 21 heavy (non-hydrogen) atoms. The van der Waals surface area contributed by atoms with Crippen LogP contribution >= 0.6 is 0 Å². The van der Waals surface area contributed by atoms with Gasteiger partial charge in [-0.1, -0.05) is 12.1 Å². The lowest BCUT2D eigenvalue weighted by atomic mass is 10.1. The molecule has 0 aliphatic carbocycles. The van der Waals surface area contributed by atoms with Crippen molar-refractivity contribution in [3.63, 3.8) is 0 Å². The second-order valence-corrected chi connectivity index (χ2v) is 6.40. The van der Waals surface area contributed by atoms with Gasteiger partial charge in [0.25, 0.3) is 0 Å². The average Bonchev–Trinajstić information content (AvgIpc) is 3.06. The number of hydrogen-bond donors (Lipinski definition) is 1. The number of anilines is 1. The summed E-state index contributed by atoms with van der Waals surface area (Å²) in [6.07, 6.45) is 6.42. The van der Waals surface area contributed by atoms with E-state index in [1.54, 1.807) is 0 Å². The minimum atomic E-state index is 0.727. The molecule has 2 aliphatic heterocycles. The second-order valence-electron chi connectivity index (χ2n) is 6.40. The zero-order valence-corrected chi connectivity index (χ0v) is 13.0. The topological polar surface area (TPSA) is 24.5 Å². The Morgan fingerprint density at radius 1 is 1.19 bits per heavy atom. The van der Waals surface area contributed by atoms with Gasteiger partial charge in [0.15, 0.2) is 0 Å². The third kappa shape index (κ3) is 4.45. The lowest BCUT2D eigenvalue weighted by Crippen LogP contribution is -2.29. The van der Waals surface area contributed by atoms with Crippen LogP contribution in [0.5, 0.6) is 0 Å². The highest BCUT2D eigenvalue weighted by Gasteiger charge is 2.14. The minimum Gasteiger partial charge on any atom is -0.381 e. The van der Waals surface area contributed by atoms with E-state index in [1.165, 1.54) is 50.0 Å². The molecule has 0 spiro atoms. The van der Waals surface area contributed by atoms with E-state index in [0.29, 0.717) is 0 Å². The summed E-state index contributed by atoms with van der Waals surface area (Å²) in [5.41, 5.74) is 2.87. The van der Waals surface area contributed by atoms with Gasteiger partial charge in [0.1, 0.15) is 0 Å². The molecule has 2 fully saturated rings. The van der Waals surface area contributed by atoms with Crippen LogP contribution in [0.15, 0.2) is 24.3 Å². The smallest absolute Gasteiger partial charge is 0.0507 e. The van der Waals surface area contributed by atoms with Crippen molar-refractivity contribution in [3.8, 4) is 0 Å². The van der Waals surface area contributed by atoms with Crippen molar-refractivity contribution < 1.29 is 4.74 Å². The van der Waals surface area contributed by atoms with Crippen molar-refractivity contribution in [2.45, 2.75) is 32.1 Å². The lowest BCUT2D eigenvalue weighted by molar-refractivity contribution is 0.185. The van der Waals surface area contributed by atoms with Gasteiger partial charge in [-0.05, 0) is 62.3 Å². The molecular weight excluding hydrogens is 260 g/mol. The van der Waals surface area contributed by atoms with Gasteiger partial charge in [-0.2, -0.15) is 0 Å². The van der Waals surface area contributed by atoms with E-state index < -0.39 is 0 Å². The number of nitrogens with zero attached hydrogens (tertiary/aromatic N) is 1. The fraction of sp³-hybridized carbons (Fsp3) is 0.667. The van der Waals surface area contributed by atoms with Crippen LogP contribution in [0.4, 0.5) is 5.69 Å². The van der Waals surface area contributed by atoms with Gasteiger partial charge in [-0.15, -0.1) is 0 Å². The molecule has 2 heterocycles. The van der Waals surface area contributed by atoms with Crippen molar-refractivity contribution in [2.75, 3.05) is 44.3 Å². The molecule has 1 N–H and O–H groups in total. The standard InChI is InChI=1S/C18H28N2O/c1-2-10-20(11-3-1)18-6-4-5-16(13-18)7-9-19-14-17-8-12-21-15-17/h4-6,13,17,19H,1-3,7-12,14-15H2. The monoisotopic (exact) mass is 288 g/mol. The number of benzene rings is 1. The Balaban J connectivity index is 1.44. The van der Waals surface area contributed by atoms with E-state index in [-0.39, 0.29) is 0 Å². The van der Waals surface area contributed by atoms with Gasteiger partial charge in [0.05, 0.1) is 6.61 Å². The van der Waals surface area contributed by atoms with E-state index in [9.17, 15) is 0 Å². The molecule has 1 aromatic rings. The molecule has 1 atom stereocenters. The SMILES string of the molecule is c1cc(CCNCC2CCOC2)cc(N2CCCCC2)c1. The molecule has 0 radical (unpaired) electrons. The molecule has 2 aliphatic rings. The lowest BCUT2D eigenvalue weighted by Gasteiger charge is -2.29. The van der Waals surface area contributed by atoms with Gasteiger partial charge in [0, 0.05) is 31.9 Å². The Labute approximate surface area is 128 Å². The van der Waals surface area contributed by atoms with Crippen LogP contribution in [0.2, 0.25) is 0 Å². The summed E-state index contributed by atoms with van der Waals surface area (Å²) in [4.78, 5) is 2.54. The summed E-state index contributed by atoms with van der Waals surface area (Å²) in [7, 11) is 0. The van der Waals surface area contributed by atoms with E-state index in [4.69, 9.17) is 4.74 Å². The maximum absolute atomic E-state index is 5.41. The fourth-order valence-electron chi connectivity index (χ4n) is 3.34. The maximum atomic E-state index is 5.41. The van der Waals surface area contributed by atoms with Crippen LogP contribution in [0.1, 0.15) is 31.2 Å².